The summed E-state index contributed by atoms with van der Waals surface area (Å²) in [7, 11) is 5.90. The summed E-state index contributed by atoms with van der Waals surface area (Å²) >= 11 is 0. The van der Waals surface area contributed by atoms with Crippen molar-refractivity contribution in [3.8, 4) is 0 Å². The molecule has 0 aliphatic carbocycles. The Morgan fingerprint density at radius 3 is 2.17 bits per heavy atom. The van der Waals surface area contributed by atoms with E-state index in [0.717, 1.165) is 17.1 Å². The Bertz CT molecular complexity index is 609. The SMILES string of the molecule is CC(=O)OC(CC(=O)OCc1nc(C)c(C)nc1C)C[N+](C)(C)C. The standard InChI is InChI=1S/C17H28N3O4/c1-11-12(2)19-16(13(3)18-11)10-23-17(22)8-15(24-14(4)21)9-20(5,6)7/h15H,8-10H2,1-7H3/q+1. The maximum absolute atomic E-state index is 12.1. The summed E-state index contributed by atoms with van der Waals surface area (Å²) < 4.78 is 11.1. The monoisotopic (exact) mass is 338 g/mol. The fourth-order valence-corrected chi connectivity index (χ4v) is 2.28. The topological polar surface area (TPSA) is 78.4 Å². The number of likely N-dealkylation sites (N-methyl/N-ethyl adjacent to an activating group) is 1. The molecule has 0 N–H and O–H groups in total. The Labute approximate surface area is 143 Å². The maximum atomic E-state index is 12.1. The number of esters is 2. The fraction of sp³-hybridized carbons (Fsp3) is 0.647. The molecule has 134 valence electrons. The Morgan fingerprint density at radius 1 is 1.04 bits per heavy atom. The number of ether oxygens (including phenoxy) is 2. The van der Waals surface area contributed by atoms with Crippen LogP contribution in [0.15, 0.2) is 0 Å². The fourth-order valence-electron chi connectivity index (χ4n) is 2.28. The molecule has 0 spiro atoms. The number of hydrogen-bond donors (Lipinski definition) is 0. The van der Waals surface area contributed by atoms with Gasteiger partial charge in [0.25, 0.3) is 0 Å². The molecule has 24 heavy (non-hydrogen) atoms. The van der Waals surface area contributed by atoms with Crippen LogP contribution >= 0.6 is 0 Å². The molecule has 0 bridgehead atoms. The molecule has 1 aromatic heterocycles. The molecule has 7 nitrogen and oxygen atoms in total. The Balaban J connectivity index is 2.66. The first-order valence-corrected chi connectivity index (χ1v) is 7.92. The number of carbonyl (C=O) groups is 2. The lowest BCUT2D eigenvalue weighted by molar-refractivity contribution is -0.873. The molecule has 0 aliphatic heterocycles. The molecule has 1 unspecified atom stereocenters. The number of aromatic nitrogens is 2. The second-order valence-electron chi connectivity index (χ2n) is 7.00. The van der Waals surface area contributed by atoms with E-state index in [1.54, 1.807) is 0 Å². The molecular formula is C17H28N3O4+. The van der Waals surface area contributed by atoms with Gasteiger partial charge < -0.3 is 14.0 Å². The van der Waals surface area contributed by atoms with E-state index in [4.69, 9.17) is 9.47 Å². The van der Waals surface area contributed by atoms with Crippen molar-refractivity contribution in [3.63, 3.8) is 0 Å². The Kier molecular flexibility index (Phi) is 6.83. The highest BCUT2D eigenvalue weighted by molar-refractivity contribution is 5.71. The van der Waals surface area contributed by atoms with E-state index in [9.17, 15) is 9.59 Å². The second-order valence-corrected chi connectivity index (χ2v) is 7.00. The van der Waals surface area contributed by atoms with Crippen molar-refractivity contribution in [1.29, 1.82) is 0 Å². The third kappa shape index (κ3) is 7.04. The van der Waals surface area contributed by atoms with Gasteiger partial charge in [-0.25, -0.2) is 0 Å². The molecule has 0 aromatic carbocycles. The number of quaternary nitrogens is 1. The van der Waals surface area contributed by atoms with E-state index in [1.165, 1.54) is 6.92 Å². The summed E-state index contributed by atoms with van der Waals surface area (Å²) in [6, 6.07) is 0. The van der Waals surface area contributed by atoms with Crippen LogP contribution < -0.4 is 0 Å². The lowest BCUT2D eigenvalue weighted by atomic mass is 10.2. The summed E-state index contributed by atoms with van der Waals surface area (Å²) in [5.74, 6) is -0.828. The number of nitrogens with zero attached hydrogens (tertiary/aromatic N) is 3. The van der Waals surface area contributed by atoms with Crippen LogP contribution in [0.1, 0.15) is 36.1 Å². The van der Waals surface area contributed by atoms with E-state index in [0.29, 0.717) is 16.7 Å². The van der Waals surface area contributed by atoms with Gasteiger partial charge in [0.1, 0.15) is 13.2 Å². The molecule has 0 saturated heterocycles. The first kappa shape index (κ1) is 20.0. The molecule has 0 fully saturated rings. The van der Waals surface area contributed by atoms with Gasteiger partial charge in [0.2, 0.25) is 0 Å². The van der Waals surface area contributed by atoms with Crippen LogP contribution in [0, 0.1) is 20.8 Å². The normalized spacial score (nSPS) is 12.6. The number of hydrogen-bond acceptors (Lipinski definition) is 6. The number of rotatable bonds is 7. The van der Waals surface area contributed by atoms with E-state index < -0.39 is 18.0 Å². The number of aryl methyl sites for hydroxylation is 3. The second kappa shape index (κ2) is 8.19. The van der Waals surface area contributed by atoms with Gasteiger partial charge in [0.05, 0.1) is 50.3 Å². The summed E-state index contributed by atoms with van der Waals surface area (Å²) in [4.78, 5) is 32.1. The van der Waals surface area contributed by atoms with Crippen molar-refractivity contribution in [2.24, 2.45) is 0 Å². The highest BCUT2D eigenvalue weighted by Gasteiger charge is 2.24. The molecular weight excluding hydrogens is 310 g/mol. The third-order valence-corrected chi connectivity index (χ3v) is 3.43. The van der Waals surface area contributed by atoms with Gasteiger partial charge in [-0.1, -0.05) is 0 Å². The van der Waals surface area contributed by atoms with Gasteiger partial charge in [0, 0.05) is 6.92 Å². The Hall–Kier alpha value is -2.02. The van der Waals surface area contributed by atoms with E-state index >= 15 is 0 Å². The van der Waals surface area contributed by atoms with Crippen LogP contribution in [-0.4, -0.2) is 60.2 Å². The minimum Gasteiger partial charge on any atom is -0.459 e. The smallest absolute Gasteiger partial charge is 0.310 e. The zero-order valence-corrected chi connectivity index (χ0v) is 15.7. The molecule has 0 aliphatic rings. The molecule has 0 amide bonds. The first-order valence-electron chi connectivity index (χ1n) is 7.92. The average molecular weight is 338 g/mol. The van der Waals surface area contributed by atoms with Gasteiger partial charge in [-0.2, -0.15) is 0 Å². The summed E-state index contributed by atoms with van der Waals surface area (Å²) in [5, 5.41) is 0. The zero-order chi connectivity index (χ0) is 18.5. The maximum Gasteiger partial charge on any atom is 0.310 e. The molecule has 1 rings (SSSR count). The summed E-state index contributed by atoms with van der Waals surface area (Å²) in [5.41, 5.74) is 3.06. The molecule has 0 radical (unpaired) electrons. The summed E-state index contributed by atoms with van der Waals surface area (Å²) in [6.45, 7) is 7.52. The molecule has 1 atom stereocenters. The van der Waals surface area contributed by atoms with Crippen LogP contribution in [0.5, 0.6) is 0 Å². The van der Waals surface area contributed by atoms with Crippen molar-refractivity contribution in [3.05, 3.63) is 22.8 Å². The predicted octanol–water partition coefficient (Wildman–Crippen LogP) is 1.47. The molecule has 7 heteroatoms. The van der Waals surface area contributed by atoms with Crippen molar-refractivity contribution in [2.75, 3.05) is 27.7 Å². The van der Waals surface area contributed by atoms with Crippen LogP contribution in [0.2, 0.25) is 0 Å². The largest absolute Gasteiger partial charge is 0.459 e. The van der Waals surface area contributed by atoms with Gasteiger partial charge in [-0.15, -0.1) is 0 Å². The van der Waals surface area contributed by atoms with E-state index in [-0.39, 0.29) is 13.0 Å². The first-order chi connectivity index (χ1) is 11.0. The van der Waals surface area contributed by atoms with Crippen LogP contribution in [0.25, 0.3) is 0 Å². The quantitative estimate of drug-likeness (QED) is 0.553. The van der Waals surface area contributed by atoms with Gasteiger partial charge in [-0.05, 0) is 20.8 Å². The number of carbonyl (C=O) groups excluding carboxylic acids is 2. The van der Waals surface area contributed by atoms with Gasteiger partial charge in [0.15, 0.2) is 6.10 Å². The van der Waals surface area contributed by atoms with Crippen LogP contribution in [0.4, 0.5) is 0 Å². The average Bonchev–Trinajstić information content (AvgIpc) is 2.38. The predicted molar refractivity (Wildman–Crippen MR) is 89.1 cm³/mol. The summed E-state index contributed by atoms with van der Waals surface area (Å²) in [6.07, 6.45) is -0.492. The van der Waals surface area contributed by atoms with E-state index in [2.05, 4.69) is 9.97 Å². The molecule has 1 heterocycles. The lowest BCUT2D eigenvalue weighted by Crippen LogP contribution is -2.43. The molecule has 0 saturated carbocycles. The van der Waals surface area contributed by atoms with Gasteiger partial charge >= 0.3 is 11.9 Å². The lowest BCUT2D eigenvalue weighted by Gasteiger charge is -2.28. The third-order valence-electron chi connectivity index (χ3n) is 3.43. The Morgan fingerprint density at radius 2 is 1.62 bits per heavy atom. The zero-order valence-electron chi connectivity index (χ0n) is 15.7. The molecule has 1 aromatic rings. The minimum atomic E-state index is -0.512. The van der Waals surface area contributed by atoms with Crippen molar-refractivity contribution in [1.82, 2.24) is 9.97 Å². The highest BCUT2D eigenvalue weighted by atomic mass is 16.6. The van der Waals surface area contributed by atoms with Crippen molar-refractivity contribution in [2.45, 2.75) is 46.8 Å². The van der Waals surface area contributed by atoms with Gasteiger partial charge in [-0.3, -0.25) is 19.6 Å². The van der Waals surface area contributed by atoms with E-state index in [1.807, 2.05) is 41.9 Å². The minimum absolute atomic E-state index is 0.0203. The van der Waals surface area contributed by atoms with Crippen LogP contribution in [-0.2, 0) is 25.7 Å². The van der Waals surface area contributed by atoms with Crippen molar-refractivity contribution >= 4 is 11.9 Å². The van der Waals surface area contributed by atoms with Crippen LogP contribution in [0.3, 0.4) is 0 Å². The van der Waals surface area contributed by atoms with Crippen molar-refractivity contribution < 1.29 is 23.5 Å². The highest BCUT2D eigenvalue weighted by Crippen LogP contribution is 2.11.